The van der Waals surface area contributed by atoms with Gasteiger partial charge in [-0.05, 0) is 59.4 Å². The summed E-state index contributed by atoms with van der Waals surface area (Å²) in [7, 11) is -8.76. The summed E-state index contributed by atoms with van der Waals surface area (Å²) in [5.74, 6) is -3.39. The van der Waals surface area contributed by atoms with Crippen LogP contribution in [-0.4, -0.2) is 56.9 Å². The molecule has 44 heavy (non-hydrogen) atoms. The Balaban J connectivity index is 1.38. The lowest BCUT2D eigenvalue weighted by Crippen LogP contribution is -2.42. The smallest absolute Gasteiger partial charge is 0.322 e. The van der Waals surface area contributed by atoms with Gasteiger partial charge < -0.3 is 10.2 Å². The van der Waals surface area contributed by atoms with Crippen molar-refractivity contribution in [2.24, 2.45) is 0 Å². The zero-order valence-electron chi connectivity index (χ0n) is 22.9. The normalized spacial score (nSPS) is 14.0. The highest BCUT2D eigenvalue weighted by Crippen LogP contribution is 2.38. The van der Waals surface area contributed by atoms with Crippen molar-refractivity contribution >= 4 is 37.8 Å². The van der Waals surface area contributed by atoms with E-state index in [4.69, 9.17) is 0 Å². The Bertz CT molecular complexity index is 1840. The molecule has 0 saturated carbocycles. The van der Waals surface area contributed by atoms with Crippen LogP contribution in [0, 0.1) is 0 Å². The lowest BCUT2D eigenvalue weighted by Gasteiger charge is -2.15. The van der Waals surface area contributed by atoms with Gasteiger partial charge in [0.2, 0.25) is 20.0 Å². The molecule has 0 radical (unpaired) electrons. The van der Waals surface area contributed by atoms with Gasteiger partial charge in [0.15, 0.2) is 5.78 Å². The van der Waals surface area contributed by atoms with Gasteiger partial charge in [0, 0.05) is 11.1 Å². The van der Waals surface area contributed by atoms with E-state index in [1.165, 1.54) is 24.3 Å². The van der Waals surface area contributed by atoms with E-state index in [9.17, 15) is 41.4 Å². The lowest BCUT2D eigenvalue weighted by atomic mass is 10.1. The SMILES string of the molecule is O=C1c2cc(S(=O)(=O)NC(Cc3ccccc3)C(=O)O)ccc2-c2ccc(S(=O)(=O)NC(Cc3ccccc3)C(=O)O)cc21. The van der Waals surface area contributed by atoms with Crippen LogP contribution in [0.5, 0.6) is 0 Å². The molecule has 0 fully saturated rings. The minimum absolute atomic E-state index is 0.00666. The molecule has 4 aromatic carbocycles. The van der Waals surface area contributed by atoms with Crippen LogP contribution < -0.4 is 9.44 Å². The van der Waals surface area contributed by atoms with Crippen molar-refractivity contribution in [3.63, 3.8) is 0 Å². The number of aliphatic carboxylic acids is 2. The molecule has 1 aliphatic rings. The molecule has 0 aromatic heterocycles. The summed E-state index contributed by atoms with van der Waals surface area (Å²) in [5.41, 5.74) is 1.94. The van der Waals surface area contributed by atoms with E-state index in [1.807, 2.05) is 0 Å². The van der Waals surface area contributed by atoms with E-state index in [0.29, 0.717) is 22.3 Å². The zero-order valence-corrected chi connectivity index (χ0v) is 24.5. The van der Waals surface area contributed by atoms with E-state index in [-0.39, 0.29) is 33.8 Å². The summed E-state index contributed by atoms with van der Waals surface area (Å²) in [6.45, 7) is 0. The van der Waals surface area contributed by atoms with Crippen molar-refractivity contribution in [1.29, 1.82) is 0 Å². The van der Waals surface area contributed by atoms with Crippen molar-refractivity contribution in [2.45, 2.75) is 34.7 Å². The number of nitrogens with one attached hydrogen (secondary N) is 2. The number of carbonyl (C=O) groups excluding carboxylic acids is 1. The molecule has 0 spiro atoms. The Morgan fingerprint density at radius 3 is 1.27 bits per heavy atom. The van der Waals surface area contributed by atoms with Crippen molar-refractivity contribution in [3.05, 3.63) is 119 Å². The monoisotopic (exact) mass is 634 g/mol. The molecule has 2 unspecified atom stereocenters. The molecule has 4 aromatic rings. The van der Waals surface area contributed by atoms with Crippen molar-refractivity contribution in [2.75, 3.05) is 0 Å². The molecule has 226 valence electrons. The van der Waals surface area contributed by atoms with E-state index in [0.717, 1.165) is 12.1 Å². The van der Waals surface area contributed by atoms with Gasteiger partial charge in [0.05, 0.1) is 9.79 Å². The fourth-order valence-corrected chi connectivity index (χ4v) is 7.37. The number of hydrogen-bond donors (Lipinski definition) is 4. The number of carboxylic acids is 2. The third-order valence-corrected chi connectivity index (χ3v) is 10.1. The van der Waals surface area contributed by atoms with Crippen molar-refractivity contribution in [3.8, 4) is 11.1 Å². The maximum Gasteiger partial charge on any atom is 0.322 e. The lowest BCUT2D eigenvalue weighted by molar-refractivity contribution is -0.139. The molecule has 11 nitrogen and oxygen atoms in total. The van der Waals surface area contributed by atoms with Crippen LogP contribution in [0.15, 0.2) is 107 Å². The van der Waals surface area contributed by atoms with Crippen molar-refractivity contribution < 1.29 is 41.4 Å². The van der Waals surface area contributed by atoms with Crippen molar-refractivity contribution in [1.82, 2.24) is 9.44 Å². The van der Waals surface area contributed by atoms with Crippen LogP contribution in [0.4, 0.5) is 0 Å². The summed E-state index contributed by atoms with van der Waals surface area (Å²) in [4.78, 5) is 36.4. The highest BCUT2D eigenvalue weighted by Gasteiger charge is 2.33. The molecule has 13 heteroatoms. The van der Waals surface area contributed by atoms with Gasteiger partial charge in [-0.25, -0.2) is 16.8 Å². The number of rotatable bonds is 12. The fourth-order valence-electron chi connectivity index (χ4n) is 4.94. The molecule has 0 aliphatic heterocycles. The maximum absolute atomic E-state index is 13.4. The Labute approximate surface area is 253 Å². The first-order chi connectivity index (χ1) is 20.9. The fraction of sp³-hybridized carbons (Fsp3) is 0.129. The van der Waals surface area contributed by atoms with Gasteiger partial charge in [-0.1, -0.05) is 72.8 Å². The van der Waals surface area contributed by atoms with E-state index >= 15 is 0 Å². The molecule has 0 amide bonds. The quantitative estimate of drug-likeness (QED) is 0.160. The molecule has 5 rings (SSSR count). The topological polar surface area (TPSA) is 184 Å². The third kappa shape index (κ3) is 6.45. The summed E-state index contributed by atoms with van der Waals surface area (Å²) < 4.78 is 57.0. The number of carboxylic acid groups (broad SMARTS) is 2. The molecule has 1 aliphatic carbocycles. The predicted molar refractivity (Wildman–Crippen MR) is 159 cm³/mol. The Kier molecular flexibility index (Phi) is 8.48. The summed E-state index contributed by atoms with van der Waals surface area (Å²) >= 11 is 0. The first kappa shape index (κ1) is 30.8. The zero-order chi connectivity index (χ0) is 31.6. The van der Waals surface area contributed by atoms with Gasteiger partial charge in [-0.2, -0.15) is 9.44 Å². The van der Waals surface area contributed by atoms with E-state index < -0.39 is 49.9 Å². The van der Waals surface area contributed by atoms with Gasteiger partial charge in [0.1, 0.15) is 12.1 Å². The van der Waals surface area contributed by atoms with Crippen LogP contribution in [-0.2, 0) is 42.5 Å². The Morgan fingerprint density at radius 1 is 0.568 bits per heavy atom. The van der Waals surface area contributed by atoms with Gasteiger partial charge >= 0.3 is 11.9 Å². The highest BCUT2D eigenvalue weighted by molar-refractivity contribution is 7.89. The molecule has 0 saturated heterocycles. The van der Waals surface area contributed by atoms with Gasteiger partial charge in [-0.15, -0.1) is 0 Å². The summed E-state index contributed by atoms with van der Waals surface area (Å²) in [5, 5.41) is 19.3. The first-order valence-corrected chi connectivity index (χ1v) is 16.2. The van der Waals surface area contributed by atoms with Crippen LogP contribution in [0.2, 0.25) is 0 Å². The maximum atomic E-state index is 13.4. The average molecular weight is 635 g/mol. The van der Waals surface area contributed by atoms with Crippen LogP contribution in [0.1, 0.15) is 27.0 Å². The Morgan fingerprint density at radius 2 is 0.932 bits per heavy atom. The van der Waals surface area contributed by atoms with Gasteiger partial charge in [0.25, 0.3) is 0 Å². The first-order valence-electron chi connectivity index (χ1n) is 13.3. The van der Waals surface area contributed by atoms with Gasteiger partial charge in [-0.3, -0.25) is 14.4 Å². The summed E-state index contributed by atoms with van der Waals surface area (Å²) in [6, 6.07) is 21.5. The number of sulfonamides is 2. The predicted octanol–water partition coefficient (Wildman–Crippen LogP) is 2.85. The molecule has 0 bridgehead atoms. The number of hydrogen-bond acceptors (Lipinski definition) is 7. The molecule has 2 atom stereocenters. The standard InChI is InChI=1S/C31H26N2O9S2/c34-29-25-17-21(43(39,40)32-27(30(35)36)15-19-7-3-1-4-8-19)11-13-23(25)24-14-12-22(18-26(24)29)44(41,42)33-28(31(37)38)16-20-9-5-2-6-10-20/h1-14,17-18,27-28,32-33H,15-16H2,(H,35,36)(H,37,38). The van der Waals surface area contributed by atoms with E-state index in [1.54, 1.807) is 60.7 Å². The highest BCUT2D eigenvalue weighted by atomic mass is 32.2. The average Bonchev–Trinajstić information content (AvgIpc) is 3.28. The van der Waals surface area contributed by atoms with Crippen LogP contribution >= 0.6 is 0 Å². The second kappa shape index (κ2) is 12.1. The molecular formula is C31H26N2O9S2. The Hall–Kier alpha value is -4.69. The number of carbonyl (C=O) groups is 3. The molecule has 0 heterocycles. The summed E-state index contributed by atoms with van der Waals surface area (Å²) in [6.07, 6.45) is -0.214. The van der Waals surface area contributed by atoms with Crippen LogP contribution in [0.25, 0.3) is 11.1 Å². The molecule has 4 N–H and O–H groups in total. The third-order valence-electron chi connectivity index (χ3n) is 7.14. The number of benzene rings is 4. The molecular weight excluding hydrogens is 608 g/mol. The largest absolute Gasteiger partial charge is 0.480 e. The number of fused-ring (bicyclic) bond motifs is 3. The van der Waals surface area contributed by atoms with Crippen LogP contribution in [0.3, 0.4) is 0 Å². The second-order valence-corrected chi connectivity index (χ2v) is 13.6. The minimum Gasteiger partial charge on any atom is -0.480 e. The second-order valence-electron chi connectivity index (χ2n) is 10.1. The van der Waals surface area contributed by atoms with E-state index in [2.05, 4.69) is 9.44 Å². The minimum atomic E-state index is -4.38. The number of ketones is 1.